The second-order valence-corrected chi connectivity index (χ2v) is 10.1. The second kappa shape index (κ2) is 10.1. The molecule has 1 saturated heterocycles. The molecule has 1 aliphatic heterocycles. The van der Waals surface area contributed by atoms with Crippen molar-refractivity contribution in [3.63, 3.8) is 0 Å². The Morgan fingerprint density at radius 3 is 2.62 bits per heavy atom. The highest BCUT2D eigenvalue weighted by atomic mass is 19.4. The number of β-amino-alcohol motifs (C(OH)–C–C–N with tert-alkyl or cyclic N) is 1. The highest BCUT2D eigenvalue weighted by molar-refractivity contribution is 5.84. The number of piperidine rings is 1. The molecule has 11 heteroatoms. The average Bonchev–Trinajstić information content (AvgIpc) is 3.54. The molecule has 1 aliphatic rings. The fourth-order valence-corrected chi connectivity index (χ4v) is 5.25. The summed E-state index contributed by atoms with van der Waals surface area (Å²) in [4.78, 5) is 6.38. The van der Waals surface area contributed by atoms with Crippen LogP contribution in [0.3, 0.4) is 0 Å². The van der Waals surface area contributed by atoms with Crippen LogP contribution in [-0.2, 0) is 19.8 Å². The van der Waals surface area contributed by atoms with Gasteiger partial charge in [-0.1, -0.05) is 18.2 Å². The summed E-state index contributed by atoms with van der Waals surface area (Å²) in [5.41, 5.74) is 1.65. The van der Waals surface area contributed by atoms with Gasteiger partial charge in [0.25, 0.3) is 0 Å². The molecule has 206 valence electrons. The summed E-state index contributed by atoms with van der Waals surface area (Å²) < 4.78 is 63.9. The zero-order valence-corrected chi connectivity index (χ0v) is 21.5. The van der Waals surface area contributed by atoms with Crippen LogP contribution in [0.1, 0.15) is 24.0 Å². The number of fused-ring (bicyclic) bond motifs is 1. The van der Waals surface area contributed by atoms with Crippen LogP contribution in [0.5, 0.6) is 0 Å². The molecule has 7 nitrogen and oxygen atoms in total. The lowest BCUT2D eigenvalue weighted by Crippen LogP contribution is -2.37. The molecule has 3 aromatic carbocycles. The van der Waals surface area contributed by atoms with Crippen molar-refractivity contribution < 1.29 is 27.1 Å². The Balaban J connectivity index is 1.41. The van der Waals surface area contributed by atoms with E-state index in [1.807, 2.05) is 11.0 Å². The van der Waals surface area contributed by atoms with E-state index in [-0.39, 0.29) is 23.5 Å². The molecule has 5 aromatic rings. The van der Waals surface area contributed by atoms with E-state index in [0.717, 1.165) is 12.5 Å². The fourth-order valence-electron chi connectivity index (χ4n) is 5.25. The molecule has 1 N–H and O–H groups in total. The van der Waals surface area contributed by atoms with Crippen LogP contribution in [0.2, 0.25) is 0 Å². The second-order valence-electron chi connectivity index (χ2n) is 10.1. The third-order valence-corrected chi connectivity index (χ3v) is 7.10. The van der Waals surface area contributed by atoms with Crippen LogP contribution in [0, 0.1) is 5.82 Å². The Kier molecular flexibility index (Phi) is 6.63. The van der Waals surface area contributed by atoms with E-state index in [4.69, 9.17) is 4.42 Å². The van der Waals surface area contributed by atoms with Crippen LogP contribution in [0.4, 0.5) is 17.6 Å². The third kappa shape index (κ3) is 5.09. The molecule has 3 heterocycles. The van der Waals surface area contributed by atoms with E-state index in [2.05, 4.69) is 15.2 Å². The first-order valence-corrected chi connectivity index (χ1v) is 12.8. The predicted octanol–water partition coefficient (Wildman–Crippen LogP) is 6.07. The van der Waals surface area contributed by atoms with Gasteiger partial charge in [0.05, 0.1) is 6.10 Å². The van der Waals surface area contributed by atoms with Gasteiger partial charge < -0.3 is 14.1 Å². The van der Waals surface area contributed by atoms with Crippen molar-refractivity contribution in [1.29, 1.82) is 0 Å². The lowest BCUT2D eigenvalue weighted by atomic mass is 9.97. The van der Waals surface area contributed by atoms with Gasteiger partial charge in [-0.3, -0.25) is 4.90 Å². The molecule has 1 atom stereocenters. The van der Waals surface area contributed by atoms with Crippen molar-refractivity contribution in [1.82, 2.24) is 24.6 Å². The average molecular weight is 552 g/mol. The van der Waals surface area contributed by atoms with Crippen LogP contribution in [0.25, 0.3) is 45.1 Å². The molecule has 0 spiro atoms. The lowest BCUT2D eigenvalue weighted by molar-refractivity contribution is -0.136. The van der Waals surface area contributed by atoms with Gasteiger partial charge in [-0.2, -0.15) is 13.2 Å². The van der Waals surface area contributed by atoms with Crippen LogP contribution >= 0.6 is 0 Å². The molecule has 0 saturated carbocycles. The Bertz CT molecular complexity index is 1690. The monoisotopic (exact) mass is 551 g/mol. The zero-order chi connectivity index (χ0) is 28.0. The standard InChI is InChI=1S/C29H25F4N5O2/c1-37-16-34-36-27(37)23-13-20(30)7-8-22(23)18-4-2-5-19(12-18)28-35-25-11-17(14-38-9-3-6-21(39)15-38)10-24(26(25)40-28)29(31,32)33/h2,4-5,7-8,10-13,16,21,39H,3,6,9,14-15H2,1H3/t21-/m1/s1. The SMILES string of the molecule is Cn1cnnc1-c1cc(F)ccc1-c1cccc(-c2nc3cc(CN4CCC[C@@H](O)C4)cc(C(F)(F)F)c3o2)c1. The number of benzene rings is 3. The Labute approximate surface area is 226 Å². The maximum absolute atomic E-state index is 14.2. The van der Waals surface area contributed by atoms with Gasteiger partial charge in [0.1, 0.15) is 23.2 Å². The molecular formula is C29H25F4N5O2. The zero-order valence-electron chi connectivity index (χ0n) is 21.5. The number of alkyl halides is 3. The number of aromatic nitrogens is 4. The van der Waals surface area contributed by atoms with E-state index in [9.17, 15) is 22.7 Å². The van der Waals surface area contributed by atoms with Crippen molar-refractivity contribution in [2.45, 2.75) is 31.7 Å². The number of aryl methyl sites for hydroxylation is 1. The van der Waals surface area contributed by atoms with E-state index in [1.165, 1.54) is 18.5 Å². The van der Waals surface area contributed by atoms with Crippen molar-refractivity contribution in [2.24, 2.45) is 7.05 Å². The van der Waals surface area contributed by atoms with Crippen LogP contribution in [-0.4, -0.2) is 48.9 Å². The molecule has 0 amide bonds. The number of halogens is 4. The van der Waals surface area contributed by atoms with Crippen molar-refractivity contribution in [3.05, 3.63) is 77.9 Å². The molecule has 2 aromatic heterocycles. The molecule has 6 rings (SSSR count). The topological polar surface area (TPSA) is 80.2 Å². The third-order valence-electron chi connectivity index (χ3n) is 7.10. The molecule has 0 aliphatic carbocycles. The number of hydrogen-bond donors (Lipinski definition) is 1. The Morgan fingerprint density at radius 2 is 1.88 bits per heavy atom. The smallest absolute Gasteiger partial charge is 0.420 e. The lowest BCUT2D eigenvalue weighted by Gasteiger charge is -2.30. The molecule has 0 radical (unpaired) electrons. The Morgan fingerprint density at radius 1 is 1.05 bits per heavy atom. The highest BCUT2D eigenvalue weighted by Gasteiger charge is 2.36. The van der Waals surface area contributed by atoms with Gasteiger partial charge in [-0.05, 0) is 72.5 Å². The first kappa shape index (κ1) is 26.1. The molecule has 0 unspecified atom stereocenters. The largest absolute Gasteiger partial charge is 0.435 e. The minimum Gasteiger partial charge on any atom is -0.435 e. The summed E-state index contributed by atoms with van der Waals surface area (Å²) in [6, 6.07) is 14.0. The van der Waals surface area contributed by atoms with Gasteiger partial charge in [0, 0.05) is 31.3 Å². The quantitative estimate of drug-likeness (QED) is 0.267. The van der Waals surface area contributed by atoms with Crippen molar-refractivity contribution in [2.75, 3.05) is 13.1 Å². The van der Waals surface area contributed by atoms with E-state index >= 15 is 0 Å². The van der Waals surface area contributed by atoms with Crippen LogP contribution in [0.15, 0.2) is 65.3 Å². The summed E-state index contributed by atoms with van der Waals surface area (Å²) in [5.74, 6) is 0.0620. The number of oxazole rings is 1. The number of likely N-dealkylation sites (tertiary alicyclic amines) is 1. The maximum Gasteiger partial charge on any atom is 0.420 e. The summed E-state index contributed by atoms with van der Waals surface area (Å²) in [7, 11) is 1.75. The van der Waals surface area contributed by atoms with E-state index in [0.29, 0.717) is 53.2 Å². The first-order valence-electron chi connectivity index (χ1n) is 12.8. The number of rotatable bonds is 5. The number of aliphatic hydroxyl groups excluding tert-OH is 1. The van der Waals surface area contributed by atoms with Gasteiger partial charge in [0.2, 0.25) is 5.89 Å². The summed E-state index contributed by atoms with van der Waals surface area (Å²) >= 11 is 0. The summed E-state index contributed by atoms with van der Waals surface area (Å²) in [5, 5.41) is 18.0. The minimum atomic E-state index is -4.65. The van der Waals surface area contributed by atoms with Gasteiger partial charge >= 0.3 is 6.18 Å². The number of hydrogen-bond acceptors (Lipinski definition) is 6. The van der Waals surface area contributed by atoms with Gasteiger partial charge in [-0.25, -0.2) is 9.37 Å². The van der Waals surface area contributed by atoms with Crippen LogP contribution < -0.4 is 0 Å². The van der Waals surface area contributed by atoms with Crippen molar-refractivity contribution >= 4 is 11.1 Å². The predicted molar refractivity (Wildman–Crippen MR) is 140 cm³/mol. The molecule has 40 heavy (non-hydrogen) atoms. The van der Waals surface area contributed by atoms with Gasteiger partial charge in [0.15, 0.2) is 11.4 Å². The van der Waals surface area contributed by atoms with Crippen molar-refractivity contribution in [3.8, 4) is 34.0 Å². The number of nitrogens with zero attached hydrogens (tertiary/aromatic N) is 5. The van der Waals surface area contributed by atoms with Gasteiger partial charge in [-0.15, -0.1) is 10.2 Å². The van der Waals surface area contributed by atoms with E-state index in [1.54, 1.807) is 41.9 Å². The first-order chi connectivity index (χ1) is 19.2. The molecular weight excluding hydrogens is 526 g/mol. The highest BCUT2D eigenvalue weighted by Crippen LogP contribution is 2.39. The fraction of sp³-hybridized carbons (Fsp3) is 0.276. The molecule has 1 fully saturated rings. The summed E-state index contributed by atoms with van der Waals surface area (Å²) in [6.07, 6.45) is -2.15. The number of aliphatic hydroxyl groups is 1. The molecule has 0 bridgehead atoms. The van der Waals surface area contributed by atoms with E-state index < -0.39 is 23.7 Å². The minimum absolute atomic E-state index is 0.0372. The maximum atomic E-state index is 14.2. The normalized spacial score (nSPS) is 16.6. The summed E-state index contributed by atoms with van der Waals surface area (Å²) in [6.45, 7) is 1.38. The Hall–Kier alpha value is -4.09.